The number of amides is 1. The van der Waals surface area contributed by atoms with Crippen LogP contribution in [0.3, 0.4) is 0 Å². The van der Waals surface area contributed by atoms with E-state index >= 15 is 0 Å². The van der Waals surface area contributed by atoms with Gasteiger partial charge in [-0.25, -0.2) is 22.2 Å². The zero-order valence-corrected chi connectivity index (χ0v) is 17.1. The Labute approximate surface area is 170 Å². The second kappa shape index (κ2) is 8.26. The van der Waals surface area contributed by atoms with Crippen LogP contribution in [0.4, 0.5) is 13.9 Å². The van der Waals surface area contributed by atoms with Gasteiger partial charge in [-0.1, -0.05) is 41.1 Å². The van der Waals surface area contributed by atoms with Crippen molar-refractivity contribution in [3.8, 4) is 0 Å². The number of carbonyl (C=O) groups excluding carboxylic acids is 1. The number of nitrogens with zero attached hydrogens (tertiary/aromatic N) is 1. The minimum atomic E-state index is -3.39. The number of halogens is 3. The molecule has 0 spiro atoms. The lowest BCUT2D eigenvalue weighted by atomic mass is 9.98. The van der Waals surface area contributed by atoms with Crippen molar-refractivity contribution in [3.63, 3.8) is 0 Å². The molecule has 3 rings (SSSR count). The number of hydrogen-bond donors (Lipinski definition) is 1. The predicted octanol–water partition coefficient (Wildman–Crippen LogP) is 4.31. The Balaban J connectivity index is 1.93. The Morgan fingerprint density at radius 2 is 1.86 bits per heavy atom. The first kappa shape index (κ1) is 20.9. The van der Waals surface area contributed by atoms with Crippen LogP contribution in [0.5, 0.6) is 0 Å². The highest BCUT2D eigenvalue weighted by molar-refractivity contribution is 7.90. The molecule has 1 aromatic heterocycles. The summed E-state index contributed by atoms with van der Waals surface area (Å²) in [5.74, 6) is -0.962. The average molecular weight is 447 g/mol. The highest BCUT2D eigenvalue weighted by atomic mass is 35.5. The molecule has 1 amide bonds. The van der Waals surface area contributed by atoms with Crippen molar-refractivity contribution in [2.45, 2.75) is 30.1 Å². The van der Waals surface area contributed by atoms with Crippen LogP contribution in [0.1, 0.15) is 18.4 Å². The minimum Gasteiger partial charge on any atom is -0.298 e. The second-order valence-electron chi connectivity index (χ2n) is 6.56. The van der Waals surface area contributed by atoms with Crippen LogP contribution in [0.25, 0.3) is 5.57 Å². The van der Waals surface area contributed by atoms with Crippen molar-refractivity contribution in [1.82, 2.24) is 4.98 Å². The molecule has 0 saturated heterocycles. The number of thiazole rings is 1. The summed E-state index contributed by atoms with van der Waals surface area (Å²) in [6.45, 7) is 0. The lowest BCUT2D eigenvalue weighted by molar-refractivity contribution is -0.111. The molecule has 5 nitrogen and oxygen atoms in total. The first-order chi connectivity index (χ1) is 13.1. The number of benzene rings is 1. The number of allylic oxidation sites excluding steroid dienone is 1. The number of alkyl halides is 2. The zero-order valence-electron chi connectivity index (χ0n) is 14.7. The van der Waals surface area contributed by atoms with E-state index in [4.69, 9.17) is 11.6 Å². The Morgan fingerprint density at radius 3 is 2.36 bits per heavy atom. The predicted molar refractivity (Wildman–Crippen MR) is 106 cm³/mol. The maximum Gasteiger partial charge on any atom is 0.257 e. The zero-order chi connectivity index (χ0) is 20.5. The summed E-state index contributed by atoms with van der Waals surface area (Å²) in [5.41, 5.74) is 0.628. The fraction of sp³-hybridized carbons (Fsp3) is 0.333. The summed E-state index contributed by atoms with van der Waals surface area (Å²) in [4.78, 5) is 16.9. The summed E-state index contributed by atoms with van der Waals surface area (Å²) in [6.07, 6.45) is 0.868. The van der Waals surface area contributed by atoms with Crippen LogP contribution in [0.2, 0.25) is 4.34 Å². The summed E-state index contributed by atoms with van der Waals surface area (Å²) >= 11 is 6.89. The average Bonchev–Trinajstić information content (AvgIpc) is 3.17. The molecule has 0 radical (unpaired) electrons. The number of anilines is 1. The quantitative estimate of drug-likeness (QED) is 0.694. The lowest BCUT2D eigenvalue weighted by Crippen LogP contribution is -2.14. The standard InChI is InChI=1S/C18H17ClF2N2O3S2/c1-28(25,26)12-4-2-11(3-5-12)13(6-10-7-14(20)15(21)8-10)17(24)23-18-22-9-16(19)27-18/h2-6,9-10,14-15H,7-8H2,1H3,(H,22,23,24)/b13-6+/t10-,14+,15-. The molecule has 1 aliphatic rings. The molecule has 0 bridgehead atoms. The van der Waals surface area contributed by atoms with Gasteiger partial charge in [0.15, 0.2) is 15.0 Å². The van der Waals surface area contributed by atoms with Gasteiger partial charge < -0.3 is 0 Å². The van der Waals surface area contributed by atoms with Crippen molar-refractivity contribution in [1.29, 1.82) is 0 Å². The van der Waals surface area contributed by atoms with E-state index in [1.54, 1.807) is 0 Å². The molecule has 3 atom stereocenters. The van der Waals surface area contributed by atoms with E-state index in [1.807, 2.05) is 0 Å². The molecule has 2 aromatic rings. The first-order valence-electron chi connectivity index (χ1n) is 8.36. The van der Waals surface area contributed by atoms with Gasteiger partial charge in [0.2, 0.25) is 0 Å². The van der Waals surface area contributed by atoms with Gasteiger partial charge in [0.25, 0.3) is 5.91 Å². The van der Waals surface area contributed by atoms with Crippen molar-refractivity contribution in [2.24, 2.45) is 5.92 Å². The van der Waals surface area contributed by atoms with E-state index in [0.29, 0.717) is 9.90 Å². The maximum atomic E-state index is 13.6. The largest absolute Gasteiger partial charge is 0.298 e. The number of nitrogens with one attached hydrogen (secondary N) is 1. The molecule has 1 aromatic carbocycles. The van der Waals surface area contributed by atoms with Crippen molar-refractivity contribution >= 4 is 49.4 Å². The third kappa shape index (κ3) is 4.95. The second-order valence-corrected chi connectivity index (χ2v) is 10.2. The van der Waals surface area contributed by atoms with E-state index in [1.165, 1.54) is 36.5 Å². The van der Waals surface area contributed by atoms with Gasteiger partial charge >= 0.3 is 0 Å². The summed E-state index contributed by atoms with van der Waals surface area (Å²) in [7, 11) is -3.39. The van der Waals surface area contributed by atoms with Crippen molar-refractivity contribution in [2.75, 3.05) is 11.6 Å². The molecule has 1 fully saturated rings. The first-order valence-corrected chi connectivity index (χ1v) is 11.4. The fourth-order valence-corrected chi connectivity index (χ4v) is 4.44. The van der Waals surface area contributed by atoms with Gasteiger partial charge in [0.1, 0.15) is 16.7 Å². The monoisotopic (exact) mass is 446 g/mol. The van der Waals surface area contributed by atoms with E-state index in [-0.39, 0.29) is 28.4 Å². The molecular weight excluding hydrogens is 430 g/mol. The van der Waals surface area contributed by atoms with Gasteiger partial charge in [-0.2, -0.15) is 0 Å². The molecule has 150 valence electrons. The van der Waals surface area contributed by atoms with Gasteiger partial charge in [0.05, 0.1) is 11.1 Å². The van der Waals surface area contributed by atoms with Gasteiger partial charge in [0, 0.05) is 11.8 Å². The third-order valence-electron chi connectivity index (χ3n) is 4.39. The molecule has 1 heterocycles. The number of aromatic nitrogens is 1. The summed E-state index contributed by atoms with van der Waals surface area (Å²) < 4.78 is 50.8. The third-order valence-corrected chi connectivity index (χ3v) is 6.55. The van der Waals surface area contributed by atoms with Crippen LogP contribution in [0, 0.1) is 5.92 Å². The smallest absolute Gasteiger partial charge is 0.257 e. The molecule has 1 aliphatic carbocycles. The minimum absolute atomic E-state index is 0.0115. The highest BCUT2D eigenvalue weighted by Crippen LogP contribution is 2.34. The molecular formula is C18H17ClF2N2O3S2. The molecule has 10 heteroatoms. The molecule has 1 N–H and O–H groups in total. The lowest BCUT2D eigenvalue weighted by Gasteiger charge is -2.11. The maximum absolute atomic E-state index is 13.6. The summed E-state index contributed by atoms with van der Waals surface area (Å²) in [6, 6.07) is 5.75. The Kier molecular flexibility index (Phi) is 6.16. The topological polar surface area (TPSA) is 76.1 Å². The molecule has 1 saturated carbocycles. The van der Waals surface area contributed by atoms with E-state index in [2.05, 4.69) is 10.3 Å². The highest BCUT2D eigenvalue weighted by Gasteiger charge is 2.34. The van der Waals surface area contributed by atoms with Crippen molar-refractivity contribution in [3.05, 3.63) is 46.4 Å². The molecule has 28 heavy (non-hydrogen) atoms. The normalized spacial score (nSPS) is 23.0. The number of carbonyl (C=O) groups is 1. The van der Waals surface area contributed by atoms with Gasteiger partial charge in [-0.15, -0.1) is 0 Å². The van der Waals surface area contributed by atoms with E-state index < -0.39 is 34.0 Å². The molecule has 0 unspecified atom stereocenters. The van der Waals surface area contributed by atoms with Crippen LogP contribution in [0.15, 0.2) is 41.4 Å². The van der Waals surface area contributed by atoms with E-state index in [0.717, 1.165) is 17.6 Å². The number of hydrogen-bond acceptors (Lipinski definition) is 5. The molecule has 0 aliphatic heterocycles. The van der Waals surface area contributed by atoms with Crippen molar-refractivity contribution < 1.29 is 22.0 Å². The van der Waals surface area contributed by atoms with Gasteiger partial charge in [-0.05, 0) is 36.5 Å². The van der Waals surface area contributed by atoms with Crippen LogP contribution < -0.4 is 5.32 Å². The Morgan fingerprint density at radius 1 is 1.25 bits per heavy atom. The van der Waals surface area contributed by atoms with Crippen LogP contribution in [-0.4, -0.2) is 37.9 Å². The number of rotatable bonds is 5. The fourth-order valence-electron chi connectivity index (χ4n) is 3.00. The Bertz CT molecular complexity index is 996. The SMILES string of the molecule is CS(=O)(=O)c1ccc(/C(=C\[C@H]2C[C@@H](F)[C@@H](F)C2)C(=O)Nc2ncc(Cl)s2)cc1. The Hall–Kier alpha value is -1.84. The van der Waals surface area contributed by atoms with Gasteiger partial charge in [-0.3, -0.25) is 10.1 Å². The summed E-state index contributed by atoms with van der Waals surface area (Å²) in [5, 5.41) is 2.90. The van der Waals surface area contributed by atoms with Crippen LogP contribution >= 0.6 is 22.9 Å². The van der Waals surface area contributed by atoms with Crippen LogP contribution in [-0.2, 0) is 14.6 Å². The van der Waals surface area contributed by atoms with E-state index in [9.17, 15) is 22.0 Å². The number of sulfone groups is 1.